The van der Waals surface area contributed by atoms with Gasteiger partial charge in [0.2, 0.25) is 15.9 Å². The summed E-state index contributed by atoms with van der Waals surface area (Å²) in [6, 6.07) is 11.8. The van der Waals surface area contributed by atoms with Crippen molar-refractivity contribution in [3.63, 3.8) is 0 Å². The summed E-state index contributed by atoms with van der Waals surface area (Å²) in [4.78, 5) is 16.1. The number of benzene rings is 1. The molecule has 26 heavy (non-hydrogen) atoms. The third-order valence-electron chi connectivity index (χ3n) is 4.51. The Morgan fingerprint density at radius 1 is 1.35 bits per heavy atom. The molecule has 0 bridgehead atoms. The molecule has 1 aromatic carbocycles. The van der Waals surface area contributed by atoms with E-state index in [4.69, 9.17) is 0 Å². The first-order valence-corrected chi connectivity index (χ1v) is 11.1. The van der Waals surface area contributed by atoms with Gasteiger partial charge in [-0.05, 0) is 29.0 Å². The summed E-state index contributed by atoms with van der Waals surface area (Å²) in [5.74, 6) is -0.192. The van der Waals surface area contributed by atoms with Gasteiger partial charge in [0.25, 0.3) is 0 Å². The van der Waals surface area contributed by atoms with Crippen molar-refractivity contribution in [2.45, 2.75) is 12.5 Å². The Kier molecular flexibility index (Phi) is 5.60. The molecule has 1 aliphatic rings. The second kappa shape index (κ2) is 7.73. The summed E-state index contributed by atoms with van der Waals surface area (Å²) in [7, 11) is -3.48. The molecule has 3 rings (SSSR count). The minimum Gasteiger partial charge on any atom is -0.330 e. The zero-order chi connectivity index (χ0) is 18.7. The number of carbonyl (C=O) groups excluding carboxylic acids is 1. The number of nitrogens with zero attached hydrogens (tertiary/aromatic N) is 2. The van der Waals surface area contributed by atoms with Crippen LogP contribution in [0.25, 0.3) is 0 Å². The molecule has 2 heterocycles. The number of sulfonamides is 1. The van der Waals surface area contributed by atoms with Gasteiger partial charge in [-0.2, -0.15) is 4.31 Å². The van der Waals surface area contributed by atoms with Crippen molar-refractivity contribution in [1.82, 2.24) is 9.21 Å². The van der Waals surface area contributed by atoms with E-state index >= 15 is 0 Å². The van der Waals surface area contributed by atoms with E-state index in [9.17, 15) is 13.2 Å². The zero-order valence-corrected chi connectivity index (χ0v) is 16.3. The van der Waals surface area contributed by atoms with Gasteiger partial charge in [0, 0.05) is 18.0 Å². The highest BCUT2D eigenvalue weighted by molar-refractivity contribution is 7.88. The quantitative estimate of drug-likeness (QED) is 0.713. The predicted octanol–water partition coefficient (Wildman–Crippen LogP) is 2.67. The third kappa shape index (κ3) is 3.90. The molecule has 1 aliphatic heterocycles. The highest BCUT2D eigenvalue weighted by Crippen LogP contribution is 2.37. The van der Waals surface area contributed by atoms with Gasteiger partial charge in [0.05, 0.1) is 18.8 Å². The smallest absolute Gasteiger partial charge is 0.238 e. The molecule has 7 heteroatoms. The van der Waals surface area contributed by atoms with Crippen molar-refractivity contribution in [2.75, 3.05) is 25.9 Å². The molecule has 0 saturated carbocycles. The van der Waals surface area contributed by atoms with Gasteiger partial charge < -0.3 is 4.90 Å². The van der Waals surface area contributed by atoms with E-state index in [2.05, 4.69) is 18.0 Å². The Balaban J connectivity index is 1.92. The molecule has 0 spiro atoms. The van der Waals surface area contributed by atoms with E-state index in [1.807, 2.05) is 30.3 Å². The van der Waals surface area contributed by atoms with Crippen molar-refractivity contribution in [2.24, 2.45) is 0 Å². The molecule has 1 amide bonds. The molecule has 5 nitrogen and oxygen atoms in total. The van der Waals surface area contributed by atoms with Gasteiger partial charge >= 0.3 is 0 Å². The number of fused-ring (bicyclic) bond motifs is 1. The first-order valence-electron chi connectivity index (χ1n) is 8.38. The van der Waals surface area contributed by atoms with Crippen molar-refractivity contribution in [3.05, 3.63) is 70.4 Å². The van der Waals surface area contributed by atoms with Crippen LogP contribution < -0.4 is 0 Å². The van der Waals surface area contributed by atoms with Crippen molar-refractivity contribution < 1.29 is 13.2 Å². The zero-order valence-electron chi connectivity index (χ0n) is 14.7. The van der Waals surface area contributed by atoms with Gasteiger partial charge in [-0.15, -0.1) is 17.9 Å². The number of rotatable bonds is 6. The largest absolute Gasteiger partial charge is 0.330 e. The van der Waals surface area contributed by atoms with Crippen LogP contribution in [0.3, 0.4) is 0 Å². The van der Waals surface area contributed by atoms with Crippen molar-refractivity contribution in [1.29, 1.82) is 0 Å². The van der Waals surface area contributed by atoms with E-state index in [0.717, 1.165) is 28.1 Å². The maximum absolute atomic E-state index is 13.0. The fourth-order valence-electron chi connectivity index (χ4n) is 3.28. The summed E-state index contributed by atoms with van der Waals surface area (Å²) >= 11 is 1.71. The minimum atomic E-state index is -3.48. The normalized spacial score (nSPS) is 17.2. The maximum atomic E-state index is 13.0. The van der Waals surface area contributed by atoms with Gasteiger partial charge in [-0.1, -0.05) is 36.4 Å². The lowest BCUT2D eigenvalue weighted by molar-refractivity contribution is -0.133. The Hall–Kier alpha value is -1.96. The summed E-state index contributed by atoms with van der Waals surface area (Å²) in [5.41, 5.74) is 2.17. The number of hydrogen-bond donors (Lipinski definition) is 0. The molecule has 0 aliphatic carbocycles. The number of amides is 1. The molecule has 0 radical (unpaired) electrons. The molecule has 1 aromatic heterocycles. The summed E-state index contributed by atoms with van der Waals surface area (Å²) < 4.78 is 25.1. The molecule has 1 unspecified atom stereocenters. The van der Waals surface area contributed by atoms with Crippen LogP contribution in [0.5, 0.6) is 0 Å². The van der Waals surface area contributed by atoms with Crippen LogP contribution in [-0.4, -0.2) is 49.4 Å². The summed E-state index contributed by atoms with van der Waals surface area (Å²) in [6.45, 7) is 4.12. The average Bonchev–Trinajstić information content (AvgIpc) is 3.09. The Morgan fingerprint density at radius 2 is 2.08 bits per heavy atom. The monoisotopic (exact) mass is 390 g/mol. The molecular formula is C19H22N2O3S2. The second-order valence-electron chi connectivity index (χ2n) is 6.29. The van der Waals surface area contributed by atoms with Gasteiger partial charge in [-0.25, -0.2) is 8.42 Å². The topological polar surface area (TPSA) is 57.7 Å². The molecule has 0 N–H and O–H groups in total. The number of thiophene rings is 1. The molecule has 138 valence electrons. The van der Waals surface area contributed by atoms with Crippen molar-refractivity contribution in [3.8, 4) is 0 Å². The lowest BCUT2D eigenvalue weighted by Gasteiger charge is -2.37. The minimum absolute atomic E-state index is 0.123. The average molecular weight is 391 g/mol. The first-order chi connectivity index (χ1) is 12.4. The van der Waals surface area contributed by atoms with Crippen LogP contribution in [0.15, 0.2) is 54.4 Å². The third-order valence-corrected chi connectivity index (χ3v) is 6.73. The van der Waals surface area contributed by atoms with Crippen molar-refractivity contribution >= 4 is 27.3 Å². The van der Waals surface area contributed by atoms with Gasteiger partial charge in [0.15, 0.2) is 0 Å². The van der Waals surface area contributed by atoms with E-state index in [1.54, 1.807) is 16.2 Å². The van der Waals surface area contributed by atoms with Crippen LogP contribution in [0.2, 0.25) is 0 Å². The number of hydrogen-bond acceptors (Lipinski definition) is 4. The fourth-order valence-corrected chi connectivity index (χ4v) is 4.91. The number of carbonyl (C=O) groups is 1. The highest BCUT2D eigenvalue weighted by atomic mass is 32.2. The van der Waals surface area contributed by atoms with Gasteiger partial charge in [-0.3, -0.25) is 4.79 Å². The Morgan fingerprint density at radius 3 is 2.73 bits per heavy atom. The van der Waals surface area contributed by atoms with E-state index in [-0.39, 0.29) is 25.0 Å². The maximum Gasteiger partial charge on any atom is 0.238 e. The van der Waals surface area contributed by atoms with Crippen LogP contribution in [0, 0.1) is 0 Å². The van der Waals surface area contributed by atoms with Crippen LogP contribution in [0.1, 0.15) is 22.0 Å². The Labute approximate surface area is 158 Å². The lowest BCUT2D eigenvalue weighted by Crippen LogP contribution is -2.46. The van der Waals surface area contributed by atoms with Crippen LogP contribution in [-0.2, 0) is 21.2 Å². The van der Waals surface area contributed by atoms with E-state index < -0.39 is 10.0 Å². The fraction of sp³-hybridized carbons (Fsp3) is 0.316. The molecule has 2 aromatic rings. The SMILES string of the molecule is C=CCN(CC(=O)N1CCc2sccc2C1c1ccccc1)S(C)(=O)=O. The van der Waals surface area contributed by atoms with E-state index in [0.29, 0.717) is 6.54 Å². The molecule has 0 saturated heterocycles. The van der Waals surface area contributed by atoms with Crippen LogP contribution >= 0.6 is 11.3 Å². The molecule has 1 atom stereocenters. The second-order valence-corrected chi connectivity index (χ2v) is 9.28. The first kappa shape index (κ1) is 18.8. The van der Waals surface area contributed by atoms with E-state index in [1.165, 1.54) is 11.0 Å². The summed E-state index contributed by atoms with van der Waals surface area (Å²) in [5, 5.41) is 2.05. The Bertz CT molecular complexity index is 891. The molecular weight excluding hydrogens is 368 g/mol. The predicted molar refractivity (Wildman–Crippen MR) is 105 cm³/mol. The van der Waals surface area contributed by atoms with Crippen LogP contribution in [0.4, 0.5) is 0 Å². The standard InChI is InChI=1S/C19H22N2O3S2/c1-3-11-20(26(2,23)24)14-18(22)21-12-9-17-16(10-13-25-17)19(21)15-7-5-4-6-8-15/h3-8,10,13,19H,1,9,11-12,14H2,2H3. The van der Waals surface area contributed by atoms with Gasteiger partial charge in [0.1, 0.15) is 0 Å². The highest BCUT2D eigenvalue weighted by Gasteiger charge is 2.34. The molecule has 0 fully saturated rings. The summed E-state index contributed by atoms with van der Waals surface area (Å²) in [6.07, 6.45) is 3.41. The lowest BCUT2D eigenvalue weighted by atomic mass is 9.93.